The van der Waals surface area contributed by atoms with E-state index in [1.807, 2.05) is 24.4 Å². The van der Waals surface area contributed by atoms with Gasteiger partial charge < -0.3 is 10.6 Å². The molecule has 1 heterocycles. The molecule has 1 amide bonds. The van der Waals surface area contributed by atoms with Crippen molar-refractivity contribution in [1.29, 1.82) is 0 Å². The molecule has 6 heteroatoms. The van der Waals surface area contributed by atoms with E-state index >= 15 is 0 Å². The van der Waals surface area contributed by atoms with Crippen LogP contribution >= 0.6 is 27.3 Å². The van der Waals surface area contributed by atoms with Gasteiger partial charge in [0.1, 0.15) is 5.82 Å². The third-order valence-corrected chi connectivity index (χ3v) is 4.43. The first kappa shape index (κ1) is 15.0. The van der Waals surface area contributed by atoms with Crippen molar-refractivity contribution in [2.75, 3.05) is 12.3 Å². The van der Waals surface area contributed by atoms with Gasteiger partial charge in [0.2, 0.25) is 0 Å². The van der Waals surface area contributed by atoms with Crippen LogP contribution in [0.1, 0.15) is 22.2 Å². The molecule has 0 aliphatic carbocycles. The van der Waals surface area contributed by atoms with Crippen LogP contribution in [0.25, 0.3) is 0 Å². The Labute approximate surface area is 129 Å². The van der Waals surface area contributed by atoms with Crippen molar-refractivity contribution < 1.29 is 9.18 Å². The highest BCUT2D eigenvalue weighted by Crippen LogP contribution is 2.25. The highest BCUT2D eigenvalue weighted by atomic mass is 79.9. The van der Waals surface area contributed by atoms with Crippen molar-refractivity contribution in [3.05, 3.63) is 50.4 Å². The smallest absolute Gasteiger partial charge is 0.255 e. The summed E-state index contributed by atoms with van der Waals surface area (Å²) in [6, 6.07) is 6.53. The maximum Gasteiger partial charge on any atom is 0.255 e. The number of nitrogen functional groups attached to an aromatic ring is 1. The van der Waals surface area contributed by atoms with Gasteiger partial charge >= 0.3 is 0 Å². The van der Waals surface area contributed by atoms with E-state index < -0.39 is 5.82 Å². The van der Waals surface area contributed by atoms with Crippen molar-refractivity contribution in [1.82, 2.24) is 4.90 Å². The van der Waals surface area contributed by atoms with Crippen LogP contribution in [0.4, 0.5) is 10.1 Å². The van der Waals surface area contributed by atoms with Gasteiger partial charge in [0.05, 0.1) is 17.8 Å². The Balaban J connectivity index is 2.26. The molecule has 0 radical (unpaired) electrons. The Kier molecular flexibility index (Phi) is 4.77. The Hall–Kier alpha value is -1.40. The Morgan fingerprint density at radius 2 is 2.25 bits per heavy atom. The monoisotopic (exact) mass is 356 g/mol. The highest BCUT2D eigenvalue weighted by molar-refractivity contribution is 9.10. The number of hydrogen-bond acceptors (Lipinski definition) is 3. The average molecular weight is 357 g/mol. The summed E-state index contributed by atoms with van der Waals surface area (Å²) in [5, 5.41) is 1.97. The molecule has 0 spiro atoms. The van der Waals surface area contributed by atoms with Gasteiger partial charge in [-0.3, -0.25) is 4.79 Å². The van der Waals surface area contributed by atoms with Crippen LogP contribution in [-0.2, 0) is 6.54 Å². The number of rotatable bonds is 4. The molecule has 0 bridgehead atoms. The van der Waals surface area contributed by atoms with Crippen LogP contribution in [0.2, 0.25) is 0 Å². The van der Waals surface area contributed by atoms with Gasteiger partial charge in [-0.1, -0.05) is 6.07 Å². The number of nitrogens with two attached hydrogens (primary N) is 1. The zero-order valence-corrected chi connectivity index (χ0v) is 13.3. The van der Waals surface area contributed by atoms with Crippen molar-refractivity contribution in [3.63, 3.8) is 0 Å². The van der Waals surface area contributed by atoms with Crippen LogP contribution in [-0.4, -0.2) is 17.4 Å². The van der Waals surface area contributed by atoms with Crippen LogP contribution in [0.5, 0.6) is 0 Å². The first-order valence-corrected chi connectivity index (χ1v) is 7.76. The summed E-state index contributed by atoms with van der Waals surface area (Å²) < 4.78 is 13.7. The summed E-state index contributed by atoms with van der Waals surface area (Å²) in [6.07, 6.45) is 0. The molecule has 0 fully saturated rings. The van der Waals surface area contributed by atoms with Gasteiger partial charge in [-0.15, -0.1) is 11.3 Å². The molecule has 0 saturated heterocycles. The zero-order chi connectivity index (χ0) is 14.7. The molecule has 2 N–H and O–H groups in total. The topological polar surface area (TPSA) is 46.3 Å². The fourth-order valence-corrected chi connectivity index (χ4v) is 3.02. The molecule has 0 atom stereocenters. The molecular formula is C14H14BrFN2OS. The molecule has 0 aliphatic heterocycles. The second-order valence-electron chi connectivity index (χ2n) is 4.25. The number of carbonyl (C=O) groups is 1. The minimum absolute atomic E-state index is 0.0243. The fraction of sp³-hybridized carbons (Fsp3) is 0.214. The van der Waals surface area contributed by atoms with Crippen molar-refractivity contribution in [3.8, 4) is 0 Å². The Morgan fingerprint density at radius 1 is 1.50 bits per heavy atom. The number of amides is 1. The lowest BCUT2D eigenvalue weighted by molar-refractivity contribution is 0.0753. The SMILES string of the molecule is CCN(Cc1cccs1)C(=O)c1cc(N)c(F)cc1Br. The highest BCUT2D eigenvalue weighted by Gasteiger charge is 2.19. The van der Waals surface area contributed by atoms with Crippen molar-refractivity contribution >= 4 is 38.9 Å². The van der Waals surface area contributed by atoms with Gasteiger partial charge in [0.15, 0.2) is 0 Å². The van der Waals surface area contributed by atoms with Gasteiger partial charge in [-0.05, 0) is 46.4 Å². The van der Waals surface area contributed by atoms with Crippen LogP contribution in [0, 0.1) is 5.82 Å². The minimum atomic E-state index is -0.533. The second kappa shape index (κ2) is 6.37. The molecule has 2 aromatic rings. The third-order valence-electron chi connectivity index (χ3n) is 2.91. The van der Waals surface area contributed by atoms with Crippen LogP contribution in [0.3, 0.4) is 0 Å². The zero-order valence-electron chi connectivity index (χ0n) is 10.9. The first-order valence-electron chi connectivity index (χ1n) is 6.09. The van der Waals surface area contributed by atoms with E-state index in [4.69, 9.17) is 5.73 Å². The van der Waals surface area contributed by atoms with Gasteiger partial charge in [0, 0.05) is 15.9 Å². The molecule has 106 valence electrons. The lowest BCUT2D eigenvalue weighted by atomic mass is 10.1. The predicted molar refractivity (Wildman–Crippen MR) is 83.2 cm³/mol. The van der Waals surface area contributed by atoms with Crippen molar-refractivity contribution in [2.24, 2.45) is 0 Å². The maximum atomic E-state index is 13.3. The first-order chi connectivity index (χ1) is 9.52. The Morgan fingerprint density at radius 3 is 2.85 bits per heavy atom. The van der Waals surface area contributed by atoms with E-state index in [1.165, 1.54) is 12.1 Å². The number of benzene rings is 1. The van der Waals surface area contributed by atoms with Crippen molar-refractivity contribution in [2.45, 2.75) is 13.5 Å². The molecule has 1 aromatic heterocycles. The van der Waals surface area contributed by atoms with Crippen LogP contribution in [0.15, 0.2) is 34.1 Å². The van der Waals surface area contributed by atoms with Gasteiger partial charge in [-0.25, -0.2) is 4.39 Å². The van der Waals surface area contributed by atoms with E-state index in [2.05, 4.69) is 15.9 Å². The quantitative estimate of drug-likeness (QED) is 0.844. The summed E-state index contributed by atoms with van der Waals surface area (Å²) in [6.45, 7) is 3.02. The van der Waals surface area contributed by atoms with E-state index in [0.717, 1.165) is 4.88 Å². The lowest BCUT2D eigenvalue weighted by Gasteiger charge is -2.21. The normalized spacial score (nSPS) is 10.6. The molecule has 2 rings (SSSR count). The second-order valence-corrected chi connectivity index (χ2v) is 6.14. The number of thiophene rings is 1. The van der Waals surface area contributed by atoms with Gasteiger partial charge in [0.25, 0.3) is 5.91 Å². The number of hydrogen-bond donors (Lipinski definition) is 1. The summed E-state index contributed by atoms with van der Waals surface area (Å²) in [4.78, 5) is 15.3. The summed E-state index contributed by atoms with van der Waals surface area (Å²) in [7, 11) is 0. The molecular weight excluding hydrogens is 343 g/mol. The van der Waals surface area contributed by atoms with Crippen LogP contribution < -0.4 is 5.73 Å². The molecule has 20 heavy (non-hydrogen) atoms. The van der Waals surface area contributed by atoms with E-state index in [0.29, 0.717) is 23.1 Å². The summed E-state index contributed by atoms with van der Waals surface area (Å²) >= 11 is 4.82. The number of nitrogens with zero attached hydrogens (tertiary/aromatic N) is 1. The molecule has 0 aliphatic rings. The minimum Gasteiger partial charge on any atom is -0.396 e. The van der Waals surface area contributed by atoms with E-state index in [-0.39, 0.29) is 11.6 Å². The fourth-order valence-electron chi connectivity index (χ4n) is 1.82. The lowest BCUT2D eigenvalue weighted by Crippen LogP contribution is -2.30. The summed E-state index contributed by atoms with van der Waals surface area (Å²) in [5.74, 6) is -0.700. The molecule has 3 nitrogen and oxygen atoms in total. The predicted octanol–water partition coefficient (Wildman–Crippen LogP) is 3.89. The van der Waals surface area contributed by atoms with E-state index in [9.17, 15) is 9.18 Å². The van der Waals surface area contributed by atoms with Gasteiger partial charge in [-0.2, -0.15) is 0 Å². The Bertz CT molecular complexity index is 616. The number of anilines is 1. The number of carbonyl (C=O) groups excluding carboxylic acids is 1. The average Bonchev–Trinajstić information content (AvgIpc) is 2.92. The number of halogens is 2. The largest absolute Gasteiger partial charge is 0.396 e. The van der Waals surface area contributed by atoms with E-state index in [1.54, 1.807) is 16.2 Å². The third kappa shape index (κ3) is 3.19. The molecule has 0 saturated carbocycles. The molecule has 1 aromatic carbocycles. The summed E-state index contributed by atoms with van der Waals surface area (Å²) in [5.41, 5.74) is 5.89. The standard InChI is InChI=1S/C14H14BrFN2OS/c1-2-18(8-9-4-3-5-20-9)14(19)10-6-13(17)12(16)7-11(10)15/h3-7H,2,8,17H2,1H3. The molecule has 0 unspecified atom stereocenters. The maximum absolute atomic E-state index is 13.3.